The van der Waals surface area contributed by atoms with E-state index in [9.17, 15) is 13.2 Å². The fourth-order valence-electron chi connectivity index (χ4n) is 3.59. The van der Waals surface area contributed by atoms with E-state index in [1.54, 1.807) is 20.3 Å². The summed E-state index contributed by atoms with van der Waals surface area (Å²) in [5.74, 6) is 2.17. The van der Waals surface area contributed by atoms with Crippen LogP contribution >= 0.6 is 0 Å². The number of methoxy groups -OCH3 is 2. The van der Waals surface area contributed by atoms with Crippen molar-refractivity contribution in [1.29, 1.82) is 0 Å². The summed E-state index contributed by atoms with van der Waals surface area (Å²) in [7, 11) is -0.493. The van der Waals surface area contributed by atoms with Crippen LogP contribution in [0.2, 0.25) is 0 Å². The van der Waals surface area contributed by atoms with E-state index < -0.39 is 10.0 Å². The lowest BCUT2D eigenvalue weighted by atomic mass is 10.1. The average molecular weight is 493 g/mol. The van der Waals surface area contributed by atoms with E-state index in [1.165, 1.54) is 12.1 Å². The van der Waals surface area contributed by atoms with E-state index in [4.69, 9.17) is 18.9 Å². The summed E-state index contributed by atoms with van der Waals surface area (Å²) in [6.07, 6.45) is 2.38. The molecule has 1 unspecified atom stereocenters. The minimum Gasteiger partial charge on any atom is -0.493 e. The van der Waals surface area contributed by atoms with Crippen molar-refractivity contribution in [3.8, 4) is 23.0 Å². The van der Waals surface area contributed by atoms with Gasteiger partial charge in [-0.25, -0.2) is 13.1 Å². The first kappa shape index (κ1) is 25.6. The standard InChI is InChI=1S/C24H32N2O7S/c1-17(18-8-10-20(30-2)22(15-18)31-3)26-24(27)7-5-4-6-12-25-34(28,29)19-9-11-21-23(16-19)33-14-13-32-21/h8-11,15-17,25H,4-7,12-14H2,1-3H3,(H,26,27). The van der Waals surface area contributed by atoms with Crippen LogP contribution in [0.5, 0.6) is 23.0 Å². The minimum absolute atomic E-state index is 0.0563. The van der Waals surface area contributed by atoms with Crippen molar-refractivity contribution < 1.29 is 32.2 Å². The number of amides is 1. The Morgan fingerprint density at radius 3 is 2.44 bits per heavy atom. The van der Waals surface area contributed by atoms with Crippen LogP contribution in [0.4, 0.5) is 0 Å². The molecule has 1 aliphatic heterocycles. The highest BCUT2D eigenvalue weighted by Crippen LogP contribution is 2.32. The molecule has 2 aromatic rings. The number of carbonyl (C=O) groups excluding carboxylic acids is 1. The number of hydrogen-bond donors (Lipinski definition) is 2. The van der Waals surface area contributed by atoms with Crippen molar-refractivity contribution in [2.75, 3.05) is 34.0 Å². The molecule has 34 heavy (non-hydrogen) atoms. The van der Waals surface area contributed by atoms with Crippen molar-refractivity contribution in [3.63, 3.8) is 0 Å². The summed E-state index contributed by atoms with van der Waals surface area (Å²) in [6.45, 7) is 3.04. The largest absolute Gasteiger partial charge is 0.493 e. The monoisotopic (exact) mass is 492 g/mol. The Morgan fingerprint density at radius 2 is 1.71 bits per heavy atom. The Labute approximate surface area is 200 Å². The number of ether oxygens (including phenoxy) is 4. The van der Waals surface area contributed by atoms with Crippen LogP contribution in [0.25, 0.3) is 0 Å². The fraction of sp³-hybridized carbons (Fsp3) is 0.458. The number of fused-ring (bicyclic) bond motifs is 1. The summed E-state index contributed by atoms with van der Waals surface area (Å²) in [4.78, 5) is 12.4. The molecule has 2 aromatic carbocycles. The third kappa shape index (κ3) is 6.77. The van der Waals surface area contributed by atoms with Gasteiger partial charge in [0.25, 0.3) is 0 Å². The topological polar surface area (TPSA) is 112 Å². The van der Waals surface area contributed by atoms with Crippen LogP contribution in [-0.4, -0.2) is 48.3 Å². The minimum atomic E-state index is -3.64. The molecule has 0 saturated heterocycles. The van der Waals surface area contributed by atoms with Gasteiger partial charge in [0.2, 0.25) is 15.9 Å². The summed E-state index contributed by atoms with van der Waals surface area (Å²) in [5.41, 5.74) is 0.916. The smallest absolute Gasteiger partial charge is 0.240 e. The predicted octanol–water partition coefficient (Wildman–Crippen LogP) is 3.19. The fourth-order valence-corrected chi connectivity index (χ4v) is 4.68. The molecule has 2 N–H and O–H groups in total. The molecular formula is C24H32N2O7S. The summed E-state index contributed by atoms with van der Waals surface area (Å²) >= 11 is 0. The molecule has 1 aliphatic rings. The molecule has 0 aliphatic carbocycles. The SMILES string of the molecule is COc1ccc(C(C)NC(=O)CCCCCNS(=O)(=O)c2ccc3c(c2)OCCO3)cc1OC. The lowest BCUT2D eigenvalue weighted by Crippen LogP contribution is -2.26. The molecule has 0 bridgehead atoms. The number of nitrogens with one attached hydrogen (secondary N) is 2. The maximum Gasteiger partial charge on any atom is 0.240 e. The Morgan fingerprint density at radius 1 is 0.971 bits per heavy atom. The lowest BCUT2D eigenvalue weighted by Gasteiger charge is -2.19. The zero-order valence-corrected chi connectivity index (χ0v) is 20.6. The van der Waals surface area contributed by atoms with Crippen molar-refractivity contribution >= 4 is 15.9 Å². The van der Waals surface area contributed by atoms with Gasteiger partial charge < -0.3 is 24.3 Å². The van der Waals surface area contributed by atoms with Gasteiger partial charge in [0, 0.05) is 19.0 Å². The van der Waals surface area contributed by atoms with Gasteiger partial charge in [0.05, 0.1) is 25.2 Å². The van der Waals surface area contributed by atoms with E-state index >= 15 is 0 Å². The van der Waals surface area contributed by atoms with Crippen LogP contribution in [0.1, 0.15) is 44.2 Å². The molecule has 0 fully saturated rings. The van der Waals surface area contributed by atoms with Gasteiger partial charge in [-0.1, -0.05) is 12.5 Å². The average Bonchev–Trinajstić information content (AvgIpc) is 2.85. The number of unbranched alkanes of at least 4 members (excludes halogenated alkanes) is 2. The third-order valence-electron chi connectivity index (χ3n) is 5.48. The van der Waals surface area contributed by atoms with Gasteiger partial charge in [-0.05, 0) is 49.6 Å². The first-order chi connectivity index (χ1) is 16.3. The van der Waals surface area contributed by atoms with Crippen LogP contribution in [0.15, 0.2) is 41.3 Å². The molecule has 1 atom stereocenters. The highest BCUT2D eigenvalue weighted by Gasteiger charge is 2.19. The summed E-state index contributed by atoms with van der Waals surface area (Å²) in [6, 6.07) is 9.94. The van der Waals surface area contributed by atoms with Crippen molar-refractivity contribution in [3.05, 3.63) is 42.0 Å². The second-order valence-electron chi connectivity index (χ2n) is 7.92. The molecule has 1 amide bonds. The first-order valence-corrected chi connectivity index (χ1v) is 12.7. The van der Waals surface area contributed by atoms with Crippen LogP contribution in [-0.2, 0) is 14.8 Å². The maximum atomic E-state index is 12.5. The molecule has 0 radical (unpaired) electrons. The second kappa shape index (κ2) is 11.9. The zero-order valence-electron chi connectivity index (χ0n) is 19.8. The van der Waals surface area contributed by atoms with Gasteiger partial charge in [-0.3, -0.25) is 4.79 Å². The molecule has 9 nitrogen and oxygen atoms in total. The van der Waals surface area contributed by atoms with E-state index in [0.717, 1.165) is 12.0 Å². The van der Waals surface area contributed by atoms with Gasteiger partial charge in [-0.2, -0.15) is 0 Å². The molecule has 0 aromatic heterocycles. The highest BCUT2D eigenvalue weighted by molar-refractivity contribution is 7.89. The number of rotatable bonds is 12. The maximum absolute atomic E-state index is 12.5. The molecular weight excluding hydrogens is 460 g/mol. The van der Waals surface area contributed by atoms with Crippen molar-refractivity contribution in [2.45, 2.75) is 43.5 Å². The van der Waals surface area contributed by atoms with Crippen LogP contribution < -0.4 is 29.0 Å². The van der Waals surface area contributed by atoms with Crippen molar-refractivity contribution in [1.82, 2.24) is 10.0 Å². The quantitative estimate of drug-likeness (QED) is 0.438. The first-order valence-electron chi connectivity index (χ1n) is 11.2. The second-order valence-corrected chi connectivity index (χ2v) is 9.68. The Balaban J connectivity index is 1.37. The van der Waals surface area contributed by atoms with Gasteiger partial charge >= 0.3 is 0 Å². The Bertz CT molecular complexity index is 1090. The van der Waals surface area contributed by atoms with E-state index in [-0.39, 0.29) is 16.8 Å². The summed E-state index contributed by atoms with van der Waals surface area (Å²) in [5, 5.41) is 2.98. The van der Waals surface area contributed by atoms with Crippen LogP contribution in [0.3, 0.4) is 0 Å². The number of sulfonamides is 1. The predicted molar refractivity (Wildman–Crippen MR) is 127 cm³/mol. The van der Waals surface area contributed by atoms with Crippen LogP contribution in [0, 0.1) is 0 Å². The van der Waals surface area contributed by atoms with Gasteiger partial charge in [0.15, 0.2) is 23.0 Å². The Kier molecular flexibility index (Phi) is 9.00. The van der Waals surface area contributed by atoms with Gasteiger partial charge in [0.1, 0.15) is 13.2 Å². The number of hydrogen-bond acceptors (Lipinski definition) is 7. The molecule has 0 spiro atoms. The number of carbonyl (C=O) groups is 1. The van der Waals surface area contributed by atoms with E-state index in [2.05, 4.69) is 10.0 Å². The van der Waals surface area contributed by atoms with Gasteiger partial charge in [-0.15, -0.1) is 0 Å². The normalized spacial score (nSPS) is 13.7. The lowest BCUT2D eigenvalue weighted by molar-refractivity contribution is -0.121. The molecule has 3 rings (SSSR count). The highest BCUT2D eigenvalue weighted by atomic mass is 32.2. The summed E-state index contributed by atoms with van der Waals surface area (Å²) < 4.78 is 49.0. The van der Waals surface area contributed by atoms with E-state index in [0.29, 0.717) is 62.0 Å². The molecule has 186 valence electrons. The number of benzene rings is 2. The third-order valence-corrected chi connectivity index (χ3v) is 6.94. The Hall–Kier alpha value is -2.98. The van der Waals surface area contributed by atoms with E-state index in [1.807, 2.05) is 25.1 Å². The molecule has 1 heterocycles. The van der Waals surface area contributed by atoms with Crippen molar-refractivity contribution in [2.24, 2.45) is 0 Å². The molecule has 0 saturated carbocycles. The molecule has 10 heteroatoms. The zero-order chi connectivity index (χ0) is 24.6.